The van der Waals surface area contributed by atoms with Crippen molar-refractivity contribution in [3.8, 4) is 11.3 Å². The summed E-state index contributed by atoms with van der Waals surface area (Å²) in [6.07, 6.45) is 5.58. The zero-order valence-corrected chi connectivity index (χ0v) is 11.7. The Bertz CT molecular complexity index is 662. The number of halogens is 1. The Kier molecular flexibility index (Phi) is 3.11. The number of hydrogen-bond donors (Lipinski definition) is 0. The summed E-state index contributed by atoms with van der Waals surface area (Å²) in [5, 5.41) is 4.05. The molecule has 108 valence electrons. The summed E-state index contributed by atoms with van der Waals surface area (Å²) in [6, 6.07) is 8.19. The van der Waals surface area contributed by atoms with Gasteiger partial charge in [0.2, 0.25) is 0 Å². The summed E-state index contributed by atoms with van der Waals surface area (Å²) in [5.74, 6) is 1.96. The summed E-state index contributed by atoms with van der Waals surface area (Å²) in [4.78, 5) is 2.52. The third-order valence-electron chi connectivity index (χ3n) is 4.56. The first-order valence-electron chi connectivity index (χ1n) is 7.41. The SMILES string of the molecule is Fc1ccc(-c2cc(C=CC3CN4CCC3C4)on2)cc1. The molecule has 0 radical (unpaired) electrons. The van der Waals surface area contributed by atoms with Crippen LogP contribution in [-0.2, 0) is 0 Å². The van der Waals surface area contributed by atoms with Crippen LogP contribution in [0.25, 0.3) is 17.3 Å². The van der Waals surface area contributed by atoms with E-state index in [-0.39, 0.29) is 5.82 Å². The summed E-state index contributed by atoms with van der Waals surface area (Å²) >= 11 is 0. The molecule has 4 heteroatoms. The van der Waals surface area contributed by atoms with Gasteiger partial charge in [0.1, 0.15) is 11.5 Å². The van der Waals surface area contributed by atoms with Gasteiger partial charge < -0.3 is 9.42 Å². The molecule has 0 saturated carbocycles. The molecule has 3 heterocycles. The summed E-state index contributed by atoms with van der Waals surface area (Å²) < 4.78 is 18.3. The van der Waals surface area contributed by atoms with Crippen molar-refractivity contribution >= 4 is 6.08 Å². The molecule has 1 aromatic carbocycles. The van der Waals surface area contributed by atoms with Crippen molar-refractivity contribution in [3.63, 3.8) is 0 Å². The summed E-state index contributed by atoms with van der Waals surface area (Å²) in [6.45, 7) is 3.67. The summed E-state index contributed by atoms with van der Waals surface area (Å²) in [5.41, 5.74) is 1.61. The van der Waals surface area contributed by atoms with Gasteiger partial charge in [-0.1, -0.05) is 11.2 Å². The Labute approximate surface area is 123 Å². The number of rotatable bonds is 3. The van der Waals surface area contributed by atoms with Crippen LogP contribution in [0.1, 0.15) is 12.2 Å². The van der Waals surface area contributed by atoms with E-state index in [1.165, 1.54) is 38.2 Å². The molecule has 1 aromatic heterocycles. The minimum atomic E-state index is -0.242. The highest BCUT2D eigenvalue weighted by atomic mass is 19.1. The molecule has 2 aliphatic heterocycles. The average molecular weight is 284 g/mol. The topological polar surface area (TPSA) is 29.3 Å². The average Bonchev–Trinajstić information content (AvgIpc) is 3.22. The fourth-order valence-corrected chi connectivity index (χ4v) is 3.39. The maximum absolute atomic E-state index is 12.9. The fraction of sp³-hybridized carbons (Fsp3) is 0.353. The van der Waals surface area contributed by atoms with E-state index in [9.17, 15) is 4.39 Å². The Hall–Kier alpha value is -1.94. The quantitative estimate of drug-likeness (QED) is 0.864. The van der Waals surface area contributed by atoms with Crippen molar-refractivity contribution in [2.75, 3.05) is 19.6 Å². The largest absolute Gasteiger partial charge is 0.356 e. The summed E-state index contributed by atoms with van der Waals surface area (Å²) in [7, 11) is 0. The van der Waals surface area contributed by atoms with Crippen LogP contribution in [0, 0.1) is 17.7 Å². The third-order valence-corrected chi connectivity index (χ3v) is 4.56. The molecule has 0 N–H and O–H groups in total. The van der Waals surface area contributed by atoms with E-state index < -0.39 is 0 Å². The Morgan fingerprint density at radius 2 is 2.10 bits per heavy atom. The second kappa shape index (κ2) is 5.11. The molecule has 21 heavy (non-hydrogen) atoms. The lowest BCUT2D eigenvalue weighted by Gasteiger charge is -2.18. The lowest BCUT2D eigenvalue weighted by Crippen LogP contribution is -2.21. The second-order valence-electron chi connectivity index (χ2n) is 5.95. The molecule has 0 amide bonds. The van der Waals surface area contributed by atoms with Gasteiger partial charge in [0.25, 0.3) is 0 Å². The maximum Gasteiger partial charge on any atom is 0.159 e. The minimum absolute atomic E-state index is 0.242. The van der Waals surface area contributed by atoms with Crippen molar-refractivity contribution in [3.05, 3.63) is 48.0 Å². The first kappa shape index (κ1) is 12.8. The zero-order valence-electron chi connectivity index (χ0n) is 11.7. The van der Waals surface area contributed by atoms with E-state index >= 15 is 0 Å². The Morgan fingerprint density at radius 1 is 1.24 bits per heavy atom. The van der Waals surface area contributed by atoms with E-state index in [0.29, 0.717) is 5.92 Å². The number of hydrogen-bond acceptors (Lipinski definition) is 3. The standard InChI is InChI=1S/C17H17FN2O/c18-15-4-1-12(2-5-15)17-9-16(21-19-17)6-3-13-10-20-8-7-14(13)11-20/h1-6,9,13-14H,7-8,10-11H2. The minimum Gasteiger partial charge on any atom is -0.356 e. The molecule has 2 fully saturated rings. The normalized spacial score (nSPS) is 27.8. The lowest BCUT2D eigenvalue weighted by molar-refractivity contribution is 0.334. The van der Waals surface area contributed by atoms with Gasteiger partial charge in [0, 0.05) is 24.7 Å². The van der Waals surface area contributed by atoms with E-state index in [1.807, 2.05) is 12.1 Å². The highest BCUT2D eigenvalue weighted by molar-refractivity contribution is 5.61. The highest BCUT2D eigenvalue weighted by Crippen LogP contribution is 2.34. The van der Waals surface area contributed by atoms with Crippen LogP contribution in [-0.4, -0.2) is 29.7 Å². The number of nitrogens with zero attached hydrogens (tertiary/aromatic N) is 2. The van der Waals surface area contributed by atoms with Gasteiger partial charge in [0.05, 0.1) is 0 Å². The number of aromatic nitrogens is 1. The van der Waals surface area contributed by atoms with E-state index in [1.54, 1.807) is 12.1 Å². The van der Waals surface area contributed by atoms with Gasteiger partial charge in [-0.3, -0.25) is 0 Å². The second-order valence-corrected chi connectivity index (χ2v) is 5.95. The van der Waals surface area contributed by atoms with Crippen LogP contribution >= 0.6 is 0 Å². The van der Waals surface area contributed by atoms with Crippen molar-refractivity contribution in [2.45, 2.75) is 6.42 Å². The lowest BCUT2D eigenvalue weighted by atomic mass is 9.92. The van der Waals surface area contributed by atoms with Gasteiger partial charge in [0.15, 0.2) is 5.76 Å². The molecule has 4 rings (SSSR count). The van der Waals surface area contributed by atoms with Crippen molar-refractivity contribution in [2.24, 2.45) is 11.8 Å². The van der Waals surface area contributed by atoms with Crippen LogP contribution in [0.5, 0.6) is 0 Å². The molecular weight excluding hydrogens is 267 g/mol. The van der Waals surface area contributed by atoms with Crippen LogP contribution in [0.15, 0.2) is 40.9 Å². The fourth-order valence-electron chi connectivity index (χ4n) is 3.39. The van der Waals surface area contributed by atoms with Gasteiger partial charge in [-0.05, 0) is 55.1 Å². The third kappa shape index (κ3) is 2.51. The maximum atomic E-state index is 12.9. The molecule has 2 aromatic rings. The van der Waals surface area contributed by atoms with Gasteiger partial charge >= 0.3 is 0 Å². The predicted molar refractivity (Wildman–Crippen MR) is 79.0 cm³/mol. The van der Waals surface area contributed by atoms with Crippen LogP contribution in [0.4, 0.5) is 4.39 Å². The molecule has 0 aliphatic carbocycles. The molecule has 0 spiro atoms. The number of piperidine rings is 1. The molecule has 2 saturated heterocycles. The smallest absolute Gasteiger partial charge is 0.159 e. The highest BCUT2D eigenvalue weighted by Gasteiger charge is 2.36. The predicted octanol–water partition coefficient (Wildman–Crippen LogP) is 3.45. The molecule has 3 nitrogen and oxygen atoms in total. The zero-order chi connectivity index (χ0) is 14.2. The van der Waals surface area contributed by atoms with Gasteiger partial charge in [-0.25, -0.2) is 4.39 Å². The van der Waals surface area contributed by atoms with E-state index in [0.717, 1.165) is 22.9 Å². The first-order chi connectivity index (χ1) is 10.3. The Balaban J connectivity index is 1.48. The van der Waals surface area contributed by atoms with Gasteiger partial charge in [-0.2, -0.15) is 0 Å². The van der Waals surface area contributed by atoms with Crippen molar-refractivity contribution in [1.82, 2.24) is 10.1 Å². The van der Waals surface area contributed by atoms with Crippen LogP contribution in [0.3, 0.4) is 0 Å². The van der Waals surface area contributed by atoms with Crippen LogP contribution in [0.2, 0.25) is 0 Å². The van der Waals surface area contributed by atoms with Crippen molar-refractivity contribution in [1.29, 1.82) is 0 Å². The number of benzene rings is 1. The Morgan fingerprint density at radius 3 is 2.81 bits per heavy atom. The first-order valence-corrected chi connectivity index (χ1v) is 7.41. The molecule has 2 aliphatic rings. The van der Waals surface area contributed by atoms with Crippen LogP contribution < -0.4 is 0 Å². The molecule has 3 unspecified atom stereocenters. The van der Waals surface area contributed by atoms with E-state index in [2.05, 4.69) is 16.1 Å². The molecule has 2 bridgehead atoms. The molecule has 3 atom stereocenters. The van der Waals surface area contributed by atoms with Crippen molar-refractivity contribution < 1.29 is 8.91 Å². The number of fused-ring (bicyclic) bond motifs is 2. The van der Waals surface area contributed by atoms with Gasteiger partial charge in [-0.15, -0.1) is 0 Å². The van der Waals surface area contributed by atoms with E-state index in [4.69, 9.17) is 4.52 Å². The molecular formula is C17H17FN2O. The monoisotopic (exact) mass is 284 g/mol.